The Morgan fingerprint density at radius 2 is 1.80 bits per heavy atom. The van der Waals surface area contributed by atoms with E-state index >= 15 is 0 Å². The van der Waals surface area contributed by atoms with Gasteiger partial charge in [-0.1, -0.05) is 6.08 Å². The van der Waals surface area contributed by atoms with Crippen molar-refractivity contribution in [2.75, 3.05) is 34.0 Å². The summed E-state index contributed by atoms with van der Waals surface area (Å²) in [5, 5.41) is 0. The standard InChI is InChI=1S/C9H19NO4Si/c1-6-7-10(9(2)11)8-15(12-3,13-4)14-5/h6H,1,7-8H2,2-5H3. The van der Waals surface area contributed by atoms with Crippen molar-refractivity contribution in [2.45, 2.75) is 6.92 Å². The zero-order chi connectivity index (χ0) is 11.9. The summed E-state index contributed by atoms with van der Waals surface area (Å²) in [6, 6.07) is 0. The highest BCUT2D eigenvalue weighted by Gasteiger charge is 2.40. The molecule has 15 heavy (non-hydrogen) atoms. The molecule has 0 atom stereocenters. The van der Waals surface area contributed by atoms with Gasteiger partial charge in [-0.15, -0.1) is 6.58 Å². The zero-order valence-corrected chi connectivity index (χ0v) is 10.8. The van der Waals surface area contributed by atoms with Gasteiger partial charge >= 0.3 is 8.80 Å². The van der Waals surface area contributed by atoms with Gasteiger partial charge in [0.25, 0.3) is 0 Å². The lowest BCUT2D eigenvalue weighted by Gasteiger charge is -2.30. The molecule has 0 saturated heterocycles. The van der Waals surface area contributed by atoms with E-state index < -0.39 is 8.80 Å². The lowest BCUT2D eigenvalue weighted by Crippen LogP contribution is -2.54. The minimum Gasteiger partial charge on any atom is -0.376 e. The van der Waals surface area contributed by atoms with E-state index in [1.807, 2.05) is 0 Å². The van der Waals surface area contributed by atoms with E-state index in [9.17, 15) is 4.79 Å². The number of rotatable bonds is 7. The molecule has 0 unspecified atom stereocenters. The normalized spacial score (nSPS) is 11.2. The predicted molar refractivity (Wildman–Crippen MR) is 59.2 cm³/mol. The quantitative estimate of drug-likeness (QED) is 0.473. The first-order chi connectivity index (χ1) is 7.05. The Kier molecular flexibility index (Phi) is 6.42. The first-order valence-corrected chi connectivity index (χ1v) is 6.50. The first kappa shape index (κ1) is 14.3. The number of carbonyl (C=O) groups is 1. The summed E-state index contributed by atoms with van der Waals surface area (Å²) < 4.78 is 15.7. The van der Waals surface area contributed by atoms with Crippen LogP contribution in [0.25, 0.3) is 0 Å². The third-order valence-corrected chi connectivity index (χ3v) is 4.75. The molecule has 0 bridgehead atoms. The molecule has 0 spiro atoms. The van der Waals surface area contributed by atoms with Crippen molar-refractivity contribution < 1.29 is 18.1 Å². The van der Waals surface area contributed by atoms with E-state index in [1.54, 1.807) is 11.0 Å². The summed E-state index contributed by atoms with van der Waals surface area (Å²) in [6.07, 6.45) is 1.99. The average Bonchev–Trinajstić information content (AvgIpc) is 2.24. The van der Waals surface area contributed by atoms with Gasteiger partial charge in [0, 0.05) is 34.8 Å². The maximum absolute atomic E-state index is 11.3. The van der Waals surface area contributed by atoms with Crippen molar-refractivity contribution >= 4 is 14.7 Å². The Morgan fingerprint density at radius 3 is 2.07 bits per heavy atom. The lowest BCUT2D eigenvalue weighted by atomic mass is 10.5. The van der Waals surface area contributed by atoms with Crippen molar-refractivity contribution in [2.24, 2.45) is 0 Å². The minimum atomic E-state index is -2.72. The Balaban J connectivity index is 4.59. The molecular weight excluding hydrogens is 214 g/mol. The molecule has 0 aromatic carbocycles. The van der Waals surface area contributed by atoms with Gasteiger partial charge in [0.2, 0.25) is 5.91 Å². The topological polar surface area (TPSA) is 48.0 Å². The smallest absolute Gasteiger partial charge is 0.376 e. The molecule has 0 fully saturated rings. The fourth-order valence-corrected chi connectivity index (χ4v) is 2.84. The average molecular weight is 233 g/mol. The van der Waals surface area contributed by atoms with Crippen LogP contribution in [0.2, 0.25) is 0 Å². The first-order valence-electron chi connectivity index (χ1n) is 4.57. The maximum Gasteiger partial charge on any atom is 0.520 e. The van der Waals surface area contributed by atoms with Gasteiger partial charge in [0.15, 0.2) is 0 Å². The Morgan fingerprint density at radius 1 is 1.33 bits per heavy atom. The maximum atomic E-state index is 11.3. The van der Waals surface area contributed by atoms with Gasteiger partial charge in [0.1, 0.15) is 0 Å². The van der Waals surface area contributed by atoms with Crippen molar-refractivity contribution in [3.8, 4) is 0 Å². The molecule has 0 aliphatic carbocycles. The molecule has 0 heterocycles. The van der Waals surface area contributed by atoms with E-state index in [0.29, 0.717) is 12.7 Å². The summed E-state index contributed by atoms with van der Waals surface area (Å²) in [7, 11) is 1.83. The highest BCUT2D eigenvalue weighted by molar-refractivity contribution is 6.61. The number of hydrogen-bond donors (Lipinski definition) is 0. The third-order valence-electron chi connectivity index (χ3n) is 2.11. The zero-order valence-electron chi connectivity index (χ0n) is 9.78. The number of hydrogen-bond acceptors (Lipinski definition) is 4. The second kappa shape index (κ2) is 6.73. The van der Waals surface area contributed by atoms with Crippen LogP contribution in [0.15, 0.2) is 12.7 Å². The SMILES string of the molecule is C=CCN(C[Si](OC)(OC)OC)C(C)=O. The lowest BCUT2D eigenvalue weighted by molar-refractivity contribution is -0.128. The molecule has 0 saturated carbocycles. The van der Waals surface area contributed by atoms with Crippen molar-refractivity contribution in [1.82, 2.24) is 4.90 Å². The van der Waals surface area contributed by atoms with Crippen LogP contribution in [0.4, 0.5) is 0 Å². The van der Waals surface area contributed by atoms with Gasteiger partial charge in [-0.05, 0) is 0 Å². The number of carbonyl (C=O) groups excluding carboxylic acids is 1. The molecule has 0 aromatic heterocycles. The van der Waals surface area contributed by atoms with Gasteiger partial charge in [-0.2, -0.15) is 0 Å². The summed E-state index contributed by atoms with van der Waals surface area (Å²) >= 11 is 0. The van der Waals surface area contributed by atoms with Gasteiger partial charge in [-0.3, -0.25) is 4.79 Å². The third kappa shape index (κ3) is 4.13. The molecule has 0 aliphatic heterocycles. The molecule has 88 valence electrons. The van der Waals surface area contributed by atoms with Crippen LogP contribution in [-0.2, 0) is 18.1 Å². The predicted octanol–water partition coefficient (Wildman–Crippen LogP) is 0.438. The van der Waals surface area contributed by atoms with Crippen molar-refractivity contribution in [1.29, 1.82) is 0 Å². The monoisotopic (exact) mass is 233 g/mol. The van der Waals surface area contributed by atoms with Crippen LogP contribution in [0.1, 0.15) is 6.92 Å². The second-order valence-corrected chi connectivity index (χ2v) is 5.89. The summed E-state index contributed by atoms with van der Waals surface area (Å²) in [6.45, 7) is 5.54. The molecule has 0 rings (SSSR count). The van der Waals surface area contributed by atoms with Crippen molar-refractivity contribution in [3.63, 3.8) is 0 Å². The highest BCUT2D eigenvalue weighted by atomic mass is 28.4. The van der Waals surface area contributed by atoms with Gasteiger partial charge in [0.05, 0.1) is 6.17 Å². The van der Waals surface area contributed by atoms with Gasteiger partial charge in [-0.25, -0.2) is 0 Å². The van der Waals surface area contributed by atoms with Crippen LogP contribution >= 0.6 is 0 Å². The Hall–Kier alpha value is -0.693. The number of amides is 1. The van der Waals surface area contributed by atoms with E-state index in [0.717, 1.165) is 0 Å². The molecular formula is C9H19NO4Si. The molecule has 5 nitrogen and oxygen atoms in total. The summed E-state index contributed by atoms with van der Waals surface area (Å²) in [5.74, 6) is -0.0575. The fourth-order valence-electron chi connectivity index (χ4n) is 1.14. The summed E-state index contributed by atoms with van der Waals surface area (Å²) in [5.41, 5.74) is 0. The molecule has 0 aromatic rings. The summed E-state index contributed by atoms with van der Waals surface area (Å²) in [4.78, 5) is 12.9. The van der Waals surface area contributed by atoms with Crippen LogP contribution in [-0.4, -0.2) is 53.7 Å². The van der Waals surface area contributed by atoms with Crippen molar-refractivity contribution in [3.05, 3.63) is 12.7 Å². The molecule has 0 radical (unpaired) electrons. The minimum absolute atomic E-state index is 0.0575. The van der Waals surface area contributed by atoms with Gasteiger partial charge < -0.3 is 18.2 Å². The van der Waals surface area contributed by atoms with Crippen LogP contribution in [0.5, 0.6) is 0 Å². The van der Waals surface area contributed by atoms with Crippen LogP contribution in [0.3, 0.4) is 0 Å². The van der Waals surface area contributed by atoms with E-state index in [2.05, 4.69) is 6.58 Å². The highest BCUT2D eigenvalue weighted by Crippen LogP contribution is 2.08. The van der Waals surface area contributed by atoms with E-state index in [4.69, 9.17) is 13.3 Å². The molecule has 6 heteroatoms. The largest absolute Gasteiger partial charge is 0.520 e. The fraction of sp³-hybridized carbons (Fsp3) is 0.667. The molecule has 0 N–H and O–H groups in total. The second-order valence-electron chi connectivity index (χ2n) is 2.98. The molecule has 0 aliphatic rings. The number of nitrogens with zero attached hydrogens (tertiary/aromatic N) is 1. The molecule has 1 amide bonds. The van der Waals surface area contributed by atoms with Crippen LogP contribution in [0, 0.1) is 0 Å². The van der Waals surface area contributed by atoms with E-state index in [-0.39, 0.29) is 5.91 Å². The van der Waals surface area contributed by atoms with E-state index in [1.165, 1.54) is 28.3 Å². The Bertz CT molecular complexity index is 210. The Labute approximate surface area is 92.0 Å². The van der Waals surface area contributed by atoms with Crippen LogP contribution < -0.4 is 0 Å².